The number of halogens is 1. The molecule has 0 saturated heterocycles. The highest BCUT2D eigenvalue weighted by molar-refractivity contribution is 6.12. The number of carboxylic acids is 1. The Morgan fingerprint density at radius 2 is 1.53 bits per heavy atom. The van der Waals surface area contributed by atoms with Crippen LogP contribution >= 0.6 is 0 Å². The quantitative estimate of drug-likeness (QED) is 0.624. The number of amides is 1. The number of para-hydroxylation sites is 2. The fourth-order valence-corrected chi connectivity index (χ4v) is 3.67. The molecule has 4 rings (SSSR count). The lowest BCUT2D eigenvalue weighted by Crippen LogP contribution is -2.31. The molecular formula is C24H19FN2O3. The summed E-state index contributed by atoms with van der Waals surface area (Å²) in [5.41, 5.74) is 2.59. The van der Waals surface area contributed by atoms with Gasteiger partial charge in [0.15, 0.2) is 0 Å². The molecule has 1 heterocycles. The summed E-state index contributed by atoms with van der Waals surface area (Å²) in [7, 11) is 0. The van der Waals surface area contributed by atoms with Crippen molar-refractivity contribution in [2.24, 2.45) is 0 Å². The van der Waals surface area contributed by atoms with E-state index >= 15 is 0 Å². The van der Waals surface area contributed by atoms with Gasteiger partial charge in [0.05, 0.1) is 12.5 Å². The van der Waals surface area contributed by atoms with Gasteiger partial charge in [0.2, 0.25) is 0 Å². The highest BCUT2D eigenvalue weighted by Gasteiger charge is 2.41. The highest BCUT2D eigenvalue weighted by atomic mass is 19.1. The molecular weight excluding hydrogens is 383 g/mol. The number of carbonyl (C=O) groups is 2. The summed E-state index contributed by atoms with van der Waals surface area (Å²) in [6, 6.07) is 23.3. The number of benzene rings is 3. The molecule has 30 heavy (non-hydrogen) atoms. The zero-order valence-electron chi connectivity index (χ0n) is 16.0. The SMILES string of the molecule is O=C(O)CC1=C(Nc2ccccc2)C(=O)N(c2ccccc2)[C@H]1c1ccc(F)cc1. The van der Waals surface area contributed by atoms with E-state index in [4.69, 9.17) is 0 Å². The fraction of sp³-hybridized carbons (Fsp3) is 0.0833. The summed E-state index contributed by atoms with van der Waals surface area (Å²) in [4.78, 5) is 26.7. The van der Waals surface area contributed by atoms with Crippen molar-refractivity contribution in [3.05, 3.63) is 108 Å². The van der Waals surface area contributed by atoms with Crippen LogP contribution < -0.4 is 10.2 Å². The van der Waals surface area contributed by atoms with Crippen molar-refractivity contribution in [2.75, 3.05) is 10.2 Å². The van der Waals surface area contributed by atoms with Crippen molar-refractivity contribution in [1.82, 2.24) is 0 Å². The van der Waals surface area contributed by atoms with E-state index in [0.29, 0.717) is 22.5 Å². The summed E-state index contributed by atoms with van der Waals surface area (Å²) < 4.78 is 13.5. The molecule has 1 amide bonds. The molecule has 3 aromatic rings. The molecule has 0 unspecified atom stereocenters. The fourth-order valence-electron chi connectivity index (χ4n) is 3.67. The van der Waals surface area contributed by atoms with Crippen LogP contribution in [0.5, 0.6) is 0 Å². The van der Waals surface area contributed by atoms with E-state index in [1.807, 2.05) is 36.4 Å². The lowest BCUT2D eigenvalue weighted by Gasteiger charge is -2.27. The summed E-state index contributed by atoms with van der Waals surface area (Å²) in [6.45, 7) is 0. The van der Waals surface area contributed by atoms with E-state index < -0.39 is 17.8 Å². The van der Waals surface area contributed by atoms with Crippen LogP contribution in [0.15, 0.2) is 96.2 Å². The van der Waals surface area contributed by atoms with Gasteiger partial charge < -0.3 is 10.4 Å². The van der Waals surface area contributed by atoms with Crippen LogP contribution in [0.3, 0.4) is 0 Å². The number of carbonyl (C=O) groups excluding carboxylic acids is 1. The van der Waals surface area contributed by atoms with E-state index in [9.17, 15) is 19.1 Å². The van der Waals surface area contributed by atoms with Crippen LogP contribution in [-0.4, -0.2) is 17.0 Å². The second-order valence-corrected chi connectivity index (χ2v) is 6.93. The standard InChI is InChI=1S/C24H19FN2O3/c25-17-13-11-16(12-14-17)23-20(15-21(28)29)22(26-18-7-3-1-4-8-18)24(30)27(23)19-9-5-2-6-10-19/h1-14,23,26H,15H2,(H,28,29)/t23-/m0/s1. The Bertz CT molecular complexity index is 1100. The molecule has 0 aromatic heterocycles. The van der Waals surface area contributed by atoms with Crippen molar-refractivity contribution in [2.45, 2.75) is 12.5 Å². The number of carboxylic acid groups (broad SMARTS) is 1. The molecule has 0 spiro atoms. The summed E-state index contributed by atoms with van der Waals surface area (Å²) in [5, 5.41) is 12.7. The van der Waals surface area contributed by atoms with Crippen LogP contribution in [-0.2, 0) is 9.59 Å². The van der Waals surface area contributed by atoms with Gasteiger partial charge >= 0.3 is 5.97 Å². The third-order valence-electron chi connectivity index (χ3n) is 4.95. The van der Waals surface area contributed by atoms with Gasteiger partial charge in [-0.3, -0.25) is 14.5 Å². The van der Waals surface area contributed by atoms with Crippen molar-refractivity contribution in [3.8, 4) is 0 Å². The Labute approximate surface area is 173 Å². The summed E-state index contributed by atoms with van der Waals surface area (Å²) in [5.74, 6) is -1.79. The maximum atomic E-state index is 13.5. The zero-order chi connectivity index (χ0) is 21.1. The van der Waals surface area contributed by atoms with E-state index in [-0.39, 0.29) is 18.0 Å². The topological polar surface area (TPSA) is 69.6 Å². The molecule has 3 aromatic carbocycles. The molecule has 1 aliphatic heterocycles. The van der Waals surface area contributed by atoms with Crippen molar-refractivity contribution >= 4 is 23.3 Å². The Hall–Kier alpha value is -3.93. The van der Waals surface area contributed by atoms with Gasteiger partial charge in [0, 0.05) is 11.4 Å². The van der Waals surface area contributed by atoms with Crippen LogP contribution in [0, 0.1) is 5.82 Å². The first-order chi connectivity index (χ1) is 14.5. The lowest BCUT2D eigenvalue weighted by atomic mass is 9.96. The number of aliphatic carboxylic acids is 1. The van der Waals surface area contributed by atoms with Gasteiger partial charge in [-0.1, -0.05) is 48.5 Å². The molecule has 1 atom stereocenters. The van der Waals surface area contributed by atoms with Crippen LogP contribution in [0.2, 0.25) is 0 Å². The predicted molar refractivity (Wildman–Crippen MR) is 112 cm³/mol. The maximum Gasteiger partial charge on any atom is 0.307 e. The predicted octanol–water partition coefficient (Wildman–Crippen LogP) is 4.75. The average Bonchev–Trinajstić information content (AvgIpc) is 3.01. The Balaban J connectivity index is 1.87. The van der Waals surface area contributed by atoms with E-state index in [1.165, 1.54) is 12.1 Å². The average molecular weight is 402 g/mol. The second kappa shape index (κ2) is 8.21. The van der Waals surface area contributed by atoms with E-state index in [1.54, 1.807) is 41.3 Å². The van der Waals surface area contributed by atoms with Gasteiger partial charge in [-0.2, -0.15) is 0 Å². The highest BCUT2D eigenvalue weighted by Crippen LogP contribution is 2.42. The molecule has 150 valence electrons. The van der Waals surface area contributed by atoms with Gasteiger partial charge in [0.25, 0.3) is 5.91 Å². The molecule has 6 heteroatoms. The third kappa shape index (κ3) is 3.80. The minimum atomic E-state index is -1.05. The number of hydrogen-bond donors (Lipinski definition) is 2. The third-order valence-corrected chi connectivity index (χ3v) is 4.95. The molecule has 0 fully saturated rings. The lowest BCUT2D eigenvalue weighted by molar-refractivity contribution is -0.136. The number of anilines is 2. The number of rotatable bonds is 6. The molecule has 2 N–H and O–H groups in total. The minimum Gasteiger partial charge on any atom is -0.481 e. The Kier molecular flexibility index (Phi) is 5.30. The van der Waals surface area contributed by atoms with Gasteiger partial charge in [-0.05, 0) is 47.5 Å². The number of nitrogens with zero attached hydrogens (tertiary/aromatic N) is 1. The van der Waals surface area contributed by atoms with Crippen molar-refractivity contribution < 1.29 is 19.1 Å². The van der Waals surface area contributed by atoms with Gasteiger partial charge in [0.1, 0.15) is 11.5 Å². The first-order valence-electron chi connectivity index (χ1n) is 9.45. The van der Waals surface area contributed by atoms with E-state index in [0.717, 1.165) is 0 Å². The van der Waals surface area contributed by atoms with Crippen LogP contribution in [0.25, 0.3) is 0 Å². The Morgan fingerprint density at radius 3 is 2.13 bits per heavy atom. The Morgan fingerprint density at radius 1 is 0.933 bits per heavy atom. The van der Waals surface area contributed by atoms with Crippen LogP contribution in [0.1, 0.15) is 18.0 Å². The first-order valence-corrected chi connectivity index (χ1v) is 9.45. The van der Waals surface area contributed by atoms with E-state index in [2.05, 4.69) is 5.32 Å². The molecule has 1 aliphatic rings. The van der Waals surface area contributed by atoms with Gasteiger partial charge in [-0.25, -0.2) is 4.39 Å². The number of hydrogen-bond acceptors (Lipinski definition) is 3. The number of nitrogens with one attached hydrogen (secondary N) is 1. The van der Waals surface area contributed by atoms with Crippen LogP contribution in [0.4, 0.5) is 15.8 Å². The van der Waals surface area contributed by atoms with Gasteiger partial charge in [-0.15, -0.1) is 0 Å². The van der Waals surface area contributed by atoms with Crippen molar-refractivity contribution in [3.63, 3.8) is 0 Å². The molecule has 5 nitrogen and oxygen atoms in total. The minimum absolute atomic E-state index is 0.224. The molecule has 0 aliphatic carbocycles. The molecule has 0 saturated carbocycles. The summed E-state index contributed by atoms with van der Waals surface area (Å²) >= 11 is 0. The maximum absolute atomic E-state index is 13.5. The van der Waals surface area contributed by atoms with Crippen molar-refractivity contribution in [1.29, 1.82) is 0 Å². The first kappa shape index (κ1) is 19.4. The molecule has 0 radical (unpaired) electrons. The summed E-state index contributed by atoms with van der Waals surface area (Å²) in [6.07, 6.45) is -0.327. The second-order valence-electron chi connectivity index (χ2n) is 6.93. The zero-order valence-corrected chi connectivity index (χ0v) is 16.0. The smallest absolute Gasteiger partial charge is 0.307 e. The normalized spacial score (nSPS) is 16.1. The monoisotopic (exact) mass is 402 g/mol. The molecule has 0 bridgehead atoms. The largest absolute Gasteiger partial charge is 0.481 e.